The van der Waals surface area contributed by atoms with Crippen LogP contribution in [-0.2, 0) is 10.8 Å². The van der Waals surface area contributed by atoms with E-state index in [2.05, 4.69) is 42.0 Å². The van der Waals surface area contributed by atoms with Crippen molar-refractivity contribution in [2.75, 3.05) is 18.8 Å². The van der Waals surface area contributed by atoms with Gasteiger partial charge < -0.3 is 10.6 Å². The Bertz CT molecular complexity index is 530. The Morgan fingerprint density at radius 1 is 1.46 bits per heavy atom. The van der Waals surface area contributed by atoms with Crippen LogP contribution in [0, 0.1) is 0 Å². The predicted molar refractivity (Wildman–Crippen MR) is 107 cm³/mol. The summed E-state index contributed by atoms with van der Waals surface area (Å²) < 4.78 is 12.1. The second-order valence-electron chi connectivity index (χ2n) is 6.44. The summed E-state index contributed by atoms with van der Waals surface area (Å²) in [6, 6.07) is 4.66. The topological polar surface area (TPSA) is 53.5 Å². The van der Waals surface area contributed by atoms with E-state index >= 15 is 0 Å². The molecular weight excluding hydrogens is 338 g/mol. The van der Waals surface area contributed by atoms with Gasteiger partial charge >= 0.3 is 0 Å². The van der Waals surface area contributed by atoms with Gasteiger partial charge in [0.15, 0.2) is 5.96 Å². The van der Waals surface area contributed by atoms with Crippen molar-refractivity contribution in [3.8, 4) is 0 Å². The highest BCUT2D eigenvalue weighted by atomic mass is 32.2. The molecule has 0 aliphatic heterocycles. The fourth-order valence-electron chi connectivity index (χ4n) is 3.15. The van der Waals surface area contributed by atoms with Crippen LogP contribution in [0.4, 0.5) is 0 Å². The molecule has 136 valence electrons. The number of nitrogens with one attached hydrogen (secondary N) is 2. The molecule has 1 aliphatic rings. The number of rotatable bonds is 7. The van der Waals surface area contributed by atoms with Crippen LogP contribution < -0.4 is 10.6 Å². The number of aliphatic imine (C=N–C) groups is 1. The Labute approximate surface area is 153 Å². The van der Waals surface area contributed by atoms with Crippen LogP contribution in [0.25, 0.3) is 0 Å². The largest absolute Gasteiger partial charge is 0.357 e. The van der Waals surface area contributed by atoms with E-state index in [9.17, 15) is 4.21 Å². The van der Waals surface area contributed by atoms with Crippen LogP contribution in [0.5, 0.6) is 0 Å². The zero-order valence-corrected chi connectivity index (χ0v) is 16.7. The van der Waals surface area contributed by atoms with E-state index in [1.165, 1.54) is 4.88 Å². The molecule has 1 aliphatic carbocycles. The molecule has 4 atom stereocenters. The SMILES string of the molecule is CCNC(=NCC(C)c1cccs1)NC1CCCC(S(=O)CC)C1. The molecule has 6 heteroatoms. The van der Waals surface area contributed by atoms with E-state index in [-0.39, 0.29) is 0 Å². The van der Waals surface area contributed by atoms with E-state index < -0.39 is 10.8 Å². The van der Waals surface area contributed by atoms with E-state index in [4.69, 9.17) is 4.99 Å². The summed E-state index contributed by atoms with van der Waals surface area (Å²) in [7, 11) is -0.683. The monoisotopic (exact) mass is 369 g/mol. The van der Waals surface area contributed by atoms with E-state index in [1.807, 2.05) is 6.92 Å². The third-order valence-corrected chi connectivity index (χ3v) is 7.36. The lowest BCUT2D eigenvalue weighted by atomic mass is 9.95. The summed E-state index contributed by atoms with van der Waals surface area (Å²) in [4.78, 5) is 6.16. The van der Waals surface area contributed by atoms with E-state index in [0.29, 0.717) is 17.2 Å². The van der Waals surface area contributed by atoms with E-state index in [0.717, 1.165) is 50.5 Å². The summed E-state index contributed by atoms with van der Waals surface area (Å²) in [5.74, 6) is 2.10. The Hall–Kier alpha value is -0.880. The molecule has 0 saturated heterocycles. The fourth-order valence-corrected chi connectivity index (χ4v) is 5.28. The molecular formula is C18H31N3OS2. The summed E-state index contributed by atoms with van der Waals surface area (Å²) in [5, 5.41) is 9.39. The van der Waals surface area contributed by atoms with Crippen molar-refractivity contribution >= 4 is 28.1 Å². The fraction of sp³-hybridized carbons (Fsp3) is 0.722. The summed E-state index contributed by atoms with van der Waals surface area (Å²) in [6.45, 7) is 7.98. The molecule has 4 nitrogen and oxygen atoms in total. The molecule has 1 saturated carbocycles. The maximum atomic E-state index is 12.1. The van der Waals surface area contributed by atoms with Gasteiger partial charge in [0.2, 0.25) is 0 Å². The van der Waals surface area contributed by atoms with Crippen LogP contribution in [0.1, 0.15) is 57.2 Å². The van der Waals surface area contributed by atoms with Crippen molar-refractivity contribution in [2.45, 2.75) is 63.7 Å². The first-order chi connectivity index (χ1) is 11.6. The van der Waals surface area contributed by atoms with Gasteiger partial charge in [0.05, 0.1) is 6.54 Å². The maximum Gasteiger partial charge on any atom is 0.191 e. The van der Waals surface area contributed by atoms with Crippen LogP contribution in [0.15, 0.2) is 22.5 Å². The third kappa shape index (κ3) is 5.88. The molecule has 0 radical (unpaired) electrons. The molecule has 24 heavy (non-hydrogen) atoms. The van der Waals surface area contributed by atoms with Gasteiger partial charge in [-0.25, -0.2) is 0 Å². The molecule has 2 N–H and O–H groups in total. The van der Waals surface area contributed by atoms with Crippen molar-refractivity contribution in [2.24, 2.45) is 4.99 Å². The van der Waals surface area contributed by atoms with Crippen molar-refractivity contribution in [1.29, 1.82) is 0 Å². The first kappa shape index (κ1) is 19.4. The minimum atomic E-state index is -0.683. The maximum absolute atomic E-state index is 12.1. The predicted octanol–water partition coefficient (Wildman–Crippen LogP) is 3.49. The van der Waals surface area contributed by atoms with Gasteiger partial charge in [0.1, 0.15) is 0 Å². The Morgan fingerprint density at radius 2 is 2.29 bits per heavy atom. The van der Waals surface area contributed by atoms with Crippen molar-refractivity contribution in [3.63, 3.8) is 0 Å². The molecule has 0 spiro atoms. The number of hydrogen-bond donors (Lipinski definition) is 2. The molecule has 1 aromatic rings. The Kier molecular flexibility index (Phi) is 8.25. The van der Waals surface area contributed by atoms with Crippen molar-refractivity contribution in [3.05, 3.63) is 22.4 Å². The average Bonchev–Trinajstić information content (AvgIpc) is 3.14. The average molecular weight is 370 g/mol. The normalized spacial score (nSPS) is 24.4. The van der Waals surface area contributed by atoms with Gasteiger partial charge in [-0.3, -0.25) is 9.20 Å². The van der Waals surface area contributed by atoms with Crippen LogP contribution in [-0.4, -0.2) is 40.3 Å². The second-order valence-corrected chi connectivity index (χ2v) is 9.42. The van der Waals surface area contributed by atoms with E-state index in [1.54, 1.807) is 11.3 Å². The van der Waals surface area contributed by atoms with Crippen LogP contribution in [0.3, 0.4) is 0 Å². The molecule has 0 bridgehead atoms. The molecule has 1 fully saturated rings. The zero-order valence-electron chi connectivity index (χ0n) is 15.1. The van der Waals surface area contributed by atoms with Gasteiger partial charge in [0, 0.05) is 45.2 Å². The highest BCUT2D eigenvalue weighted by Gasteiger charge is 2.26. The van der Waals surface area contributed by atoms with Gasteiger partial charge in [-0.05, 0) is 37.6 Å². The Morgan fingerprint density at radius 3 is 2.96 bits per heavy atom. The summed E-state index contributed by atoms with van der Waals surface area (Å²) >= 11 is 1.79. The van der Waals surface area contributed by atoms with Crippen molar-refractivity contribution in [1.82, 2.24) is 10.6 Å². The second kappa shape index (κ2) is 10.2. The minimum Gasteiger partial charge on any atom is -0.357 e. The molecule has 0 amide bonds. The lowest BCUT2D eigenvalue weighted by molar-refractivity contribution is 0.413. The van der Waals surface area contributed by atoms with Gasteiger partial charge in [-0.15, -0.1) is 11.3 Å². The molecule has 4 unspecified atom stereocenters. The van der Waals surface area contributed by atoms with Crippen LogP contribution >= 0.6 is 11.3 Å². The van der Waals surface area contributed by atoms with Gasteiger partial charge in [-0.2, -0.15) is 0 Å². The highest BCUT2D eigenvalue weighted by molar-refractivity contribution is 7.85. The minimum absolute atomic E-state index is 0.342. The molecule has 1 aromatic heterocycles. The molecule has 2 rings (SSSR count). The first-order valence-corrected chi connectivity index (χ1v) is 11.4. The smallest absolute Gasteiger partial charge is 0.191 e. The lowest BCUT2D eigenvalue weighted by Crippen LogP contribution is -2.46. The van der Waals surface area contributed by atoms with Gasteiger partial charge in [-0.1, -0.05) is 26.3 Å². The summed E-state index contributed by atoms with van der Waals surface area (Å²) in [5.41, 5.74) is 0. The lowest BCUT2D eigenvalue weighted by Gasteiger charge is -2.30. The number of hydrogen-bond acceptors (Lipinski definition) is 3. The number of thiophene rings is 1. The van der Waals surface area contributed by atoms with Crippen LogP contribution in [0.2, 0.25) is 0 Å². The summed E-state index contributed by atoms with van der Waals surface area (Å²) in [6.07, 6.45) is 4.38. The zero-order chi connectivity index (χ0) is 17.4. The van der Waals surface area contributed by atoms with Crippen molar-refractivity contribution < 1.29 is 4.21 Å². The first-order valence-electron chi connectivity index (χ1n) is 9.09. The number of nitrogens with zero attached hydrogens (tertiary/aromatic N) is 1. The standard InChI is InChI=1S/C18H31N3OS2/c1-4-19-18(20-13-14(3)17-10-7-11-23-17)21-15-8-6-9-16(12-15)24(22)5-2/h7,10-11,14-16H,4-6,8-9,12-13H2,1-3H3,(H2,19,20,21). The van der Waals surface area contributed by atoms with Gasteiger partial charge in [0.25, 0.3) is 0 Å². The highest BCUT2D eigenvalue weighted by Crippen LogP contribution is 2.23. The molecule has 1 heterocycles. The molecule has 0 aromatic carbocycles. The Balaban J connectivity index is 1.92. The quantitative estimate of drug-likeness (QED) is 0.571. The number of guanidine groups is 1. The third-order valence-electron chi connectivity index (χ3n) is 4.52.